The average Bonchev–Trinajstić information content (AvgIpc) is 2.39. The highest BCUT2D eigenvalue weighted by Crippen LogP contribution is 2.31. The van der Waals surface area contributed by atoms with E-state index in [9.17, 15) is 18.0 Å². The van der Waals surface area contributed by atoms with Crippen molar-refractivity contribution >= 4 is 11.8 Å². The van der Waals surface area contributed by atoms with Crippen molar-refractivity contribution in [2.24, 2.45) is 4.99 Å². The number of aliphatic imine (C=N–C) groups is 1. The second kappa shape index (κ2) is 5.08. The summed E-state index contributed by atoms with van der Waals surface area (Å²) in [6.07, 6.45) is -2.93. The highest BCUT2D eigenvalue weighted by Gasteiger charge is 2.29. The summed E-state index contributed by atoms with van der Waals surface area (Å²) in [5.74, 6) is 0. The second-order valence-electron chi connectivity index (χ2n) is 3.83. The van der Waals surface area contributed by atoms with Gasteiger partial charge in [-0.15, -0.1) is 0 Å². The molecule has 96 valence electrons. The zero-order chi connectivity index (χ0) is 13.9. The van der Waals surface area contributed by atoms with Gasteiger partial charge >= 0.3 is 6.18 Å². The molecule has 2 nitrogen and oxygen atoms in total. The molecule has 0 saturated carbocycles. The zero-order valence-corrected chi connectivity index (χ0v) is 9.61. The monoisotopic (exact) mass is 263 g/mol. The van der Waals surface area contributed by atoms with E-state index in [1.165, 1.54) is 18.2 Å². The van der Waals surface area contributed by atoms with Crippen LogP contribution >= 0.6 is 0 Å². The first kappa shape index (κ1) is 13.1. The molecule has 0 aliphatic carbocycles. The average molecular weight is 263 g/mol. The number of nitrogens with zero attached hydrogens (tertiary/aromatic N) is 1. The van der Waals surface area contributed by atoms with Gasteiger partial charge in [0.05, 0.1) is 11.3 Å². The molecule has 0 spiro atoms. The standard InChI is InChI=1S/C14H8F3NO/c15-14(16,17)12-6-4-10(5-7-12)11-2-1-3-13(8-11)18-9-19/h1-8H. The van der Waals surface area contributed by atoms with Crippen molar-refractivity contribution in [2.75, 3.05) is 0 Å². The molecule has 0 fully saturated rings. The van der Waals surface area contributed by atoms with Crippen molar-refractivity contribution in [1.29, 1.82) is 0 Å². The molecule has 0 N–H and O–H groups in total. The number of benzene rings is 2. The Kier molecular flexibility index (Phi) is 3.49. The molecule has 0 aromatic heterocycles. The third kappa shape index (κ3) is 3.09. The topological polar surface area (TPSA) is 29.4 Å². The summed E-state index contributed by atoms with van der Waals surface area (Å²) in [5.41, 5.74) is 1.02. The lowest BCUT2D eigenvalue weighted by atomic mass is 10.0. The van der Waals surface area contributed by atoms with Crippen LogP contribution in [0.25, 0.3) is 11.1 Å². The van der Waals surface area contributed by atoms with E-state index in [2.05, 4.69) is 4.99 Å². The van der Waals surface area contributed by atoms with Crippen molar-refractivity contribution in [3.8, 4) is 11.1 Å². The second-order valence-corrected chi connectivity index (χ2v) is 3.83. The van der Waals surface area contributed by atoms with E-state index >= 15 is 0 Å². The van der Waals surface area contributed by atoms with Gasteiger partial charge in [0.15, 0.2) is 0 Å². The minimum atomic E-state index is -4.35. The van der Waals surface area contributed by atoms with Gasteiger partial charge in [-0.25, -0.2) is 4.79 Å². The summed E-state index contributed by atoms with van der Waals surface area (Å²) < 4.78 is 37.3. The lowest BCUT2D eigenvalue weighted by Gasteiger charge is -2.08. The van der Waals surface area contributed by atoms with E-state index in [0.29, 0.717) is 16.8 Å². The van der Waals surface area contributed by atoms with Crippen LogP contribution in [0.3, 0.4) is 0 Å². The molecular formula is C14H8F3NO. The Labute approximate surface area is 107 Å². The Bertz CT molecular complexity index is 626. The van der Waals surface area contributed by atoms with E-state index in [0.717, 1.165) is 12.1 Å². The molecule has 0 heterocycles. The van der Waals surface area contributed by atoms with E-state index in [1.54, 1.807) is 24.3 Å². The van der Waals surface area contributed by atoms with Gasteiger partial charge in [-0.2, -0.15) is 18.2 Å². The molecule has 0 unspecified atom stereocenters. The van der Waals surface area contributed by atoms with Gasteiger partial charge in [-0.1, -0.05) is 24.3 Å². The van der Waals surface area contributed by atoms with Crippen LogP contribution in [-0.4, -0.2) is 6.08 Å². The maximum absolute atomic E-state index is 12.4. The van der Waals surface area contributed by atoms with E-state index in [4.69, 9.17) is 0 Å². The predicted octanol–water partition coefficient (Wildman–Crippen LogP) is 4.34. The predicted molar refractivity (Wildman–Crippen MR) is 64.7 cm³/mol. The summed E-state index contributed by atoms with van der Waals surface area (Å²) >= 11 is 0. The van der Waals surface area contributed by atoms with E-state index in [1.807, 2.05) is 0 Å². The lowest BCUT2D eigenvalue weighted by molar-refractivity contribution is -0.137. The first-order valence-electron chi connectivity index (χ1n) is 5.36. The summed E-state index contributed by atoms with van der Waals surface area (Å²) in [7, 11) is 0. The third-order valence-electron chi connectivity index (χ3n) is 2.57. The molecule has 0 aliphatic heterocycles. The van der Waals surface area contributed by atoms with Gasteiger partial charge in [-0.05, 0) is 35.4 Å². The molecule has 2 aromatic carbocycles. The van der Waals surface area contributed by atoms with Gasteiger partial charge in [0, 0.05) is 0 Å². The Morgan fingerprint density at radius 2 is 1.63 bits per heavy atom. The number of isocyanates is 1. The Balaban J connectivity index is 2.37. The SMILES string of the molecule is O=C=Nc1cccc(-c2ccc(C(F)(F)F)cc2)c1. The zero-order valence-electron chi connectivity index (χ0n) is 9.61. The first-order valence-corrected chi connectivity index (χ1v) is 5.36. The minimum absolute atomic E-state index is 0.410. The maximum atomic E-state index is 12.4. The smallest absolute Gasteiger partial charge is 0.211 e. The number of alkyl halides is 3. The number of hydrogen-bond donors (Lipinski definition) is 0. The molecule has 0 bridgehead atoms. The van der Waals surface area contributed by atoms with Gasteiger partial charge in [0.1, 0.15) is 0 Å². The highest BCUT2D eigenvalue weighted by atomic mass is 19.4. The molecule has 0 radical (unpaired) electrons. The van der Waals surface area contributed by atoms with E-state index in [-0.39, 0.29) is 0 Å². The largest absolute Gasteiger partial charge is 0.416 e. The summed E-state index contributed by atoms with van der Waals surface area (Å²) in [6, 6.07) is 11.4. The molecule has 2 rings (SSSR count). The fourth-order valence-electron chi connectivity index (χ4n) is 1.66. The fourth-order valence-corrected chi connectivity index (χ4v) is 1.66. The molecule has 0 saturated heterocycles. The Morgan fingerprint density at radius 1 is 0.947 bits per heavy atom. The first-order chi connectivity index (χ1) is 9.00. The van der Waals surface area contributed by atoms with Gasteiger partial charge in [0.2, 0.25) is 6.08 Å². The number of hydrogen-bond acceptors (Lipinski definition) is 2. The summed E-state index contributed by atoms with van der Waals surface area (Å²) in [5, 5.41) is 0. The number of halogens is 3. The van der Waals surface area contributed by atoms with Crippen LogP contribution < -0.4 is 0 Å². The summed E-state index contributed by atoms with van der Waals surface area (Å²) in [4.78, 5) is 13.6. The third-order valence-corrected chi connectivity index (χ3v) is 2.57. The molecule has 5 heteroatoms. The molecule has 0 atom stereocenters. The van der Waals surface area contributed by atoms with Crippen molar-refractivity contribution < 1.29 is 18.0 Å². The van der Waals surface area contributed by atoms with Crippen LogP contribution in [0, 0.1) is 0 Å². The van der Waals surface area contributed by atoms with Crippen molar-refractivity contribution in [3.05, 3.63) is 54.1 Å². The van der Waals surface area contributed by atoms with Crippen molar-refractivity contribution in [2.45, 2.75) is 6.18 Å². The normalized spacial score (nSPS) is 10.9. The Morgan fingerprint density at radius 3 is 2.21 bits per heavy atom. The molecular weight excluding hydrogens is 255 g/mol. The van der Waals surface area contributed by atoms with Gasteiger partial charge < -0.3 is 0 Å². The van der Waals surface area contributed by atoms with Crippen LogP contribution in [0.2, 0.25) is 0 Å². The van der Waals surface area contributed by atoms with Crippen LogP contribution in [-0.2, 0) is 11.0 Å². The molecule has 19 heavy (non-hydrogen) atoms. The maximum Gasteiger partial charge on any atom is 0.416 e. The number of carbonyl (C=O) groups excluding carboxylic acids is 1. The lowest BCUT2D eigenvalue weighted by Crippen LogP contribution is -2.03. The molecule has 2 aromatic rings. The van der Waals surface area contributed by atoms with Gasteiger partial charge in [0.25, 0.3) is 0 Å². The quantitative estimate of drug-likeness (QED) is 0.585. The fraction of sp³-hybridized carbons (Fsp3) is 0.0714. The van der Waals surface area contributed by atoms with E-state index < -0.39 is 11.7 Å². The van der Waals surface area contributed by atoms with Crippen LogP contribution in [0.1, 0.15) is 5.56 Å². The van der Waals surface area contributed by atoms with Crippen LogP contribution in [0.5, 0.6) is 0 Å². The highest BCUT2D eigenvalue weighted by molar-refractivity contribution is 5.68. The summed E-state index contributed by atoms with van der Waals surface area (Å²) in [6.45, 7) is 0. The van der Waals surface area contributed by atoms with Crippen LogP contribution in [0.15, 0.2) is 53.5 Å². The van der Waals surface area contributed by atoms with Gasteiger partial charge in [-0.3, -0.25) is 0 Å². The van der Waals surface area contributed by atoms with Crippen molar-refractivity contribution in [1.82, 2.24) is 0 Å². The molecule has 0 aliphatic rings. The van der Waals surface area contributed by atoms with Crippen LogP contribution in [0.4, 0.5) is 18.9 Å². The number of rotatable bonds is 2. The Hall–Kier alpha value is -2.39. The van der Waals surface area contributed by atoms with Crippen molar-refractivity contribution in [3.63, 3.8) is 0 Å². The minimum Gasteiger partial charge on any atom is -0.211 e. The molecule has 0 amide bonds.